The van der Waals surface area contributed by atoms with Gasteiger partial charge in [-0.1, -0.05) is 0 Å². The molecule has 0 aromatic carbocycles. The van der Waals surface area contributed by atoms with E-state index in [0.717, 1.165) is 0 Å². The van der Waals surface area contributed by atoms with Gasteiger partial charge in [0, 0.05) is 25.9 Å². The minimum atomic E-state index is -0.555. The Labute approximate surface area is 107 Å². The summed E-state index contributed by atoms with van der Waals surface area (Å²) in [6.45, 7) is 5.72. The Morgan fingerprint density at radius 2 is 1.83 bits per heavy atom. The van der Waals surface area contributed by atoms with Crippen LogP contribution in [0.2, 0.25) is 0 Å². The number of rotatable bonds is 3. The molecule has 3 amide bonds. The fourth-order valence-corrected chi connectivity index (χ4v) is 1.63. The molecule has 102 valence electrons. The summed E-state index contributed by atoms with van der Waals surface area (Å²) in [5.74, 6) is -0.338. The van der Waals surface area contributed by atoms with Crippen LogP contribution in [0.5, 0.6) is 0 Å². The van der Waals surface area contributed by atoms with E-state index in [1.54, 1.807) is 20.8 Å². The molecule has 1 heterocycles. The normalized spacial score (nSPS) is 16.7. The minimum Gasteiger partial charge on any atom is -0.444 e. The van der Waals surface area contributed by atoms with E-state index in [1.807, 2.05) is 0 Å². The topological polar surface area (TPSA) is 75.7 Å². The van der Waals surface area contributed by atoms with Crippen LogP contribution in [-0.2, 0) is 14.3 Å². The van der Waals surface area contributed by atoms with Crippen molar-refractivity contribution < 1.29 is 19.1 Å². The van der Waals surface area contributed by atoms with Crippen LogP contribution in [0.4, 0.5) is 4.79 Å². The van der Waals surface area contributed by atoms with Crippen molar-refractivity contribution in [3.63, 3.8) is 0 Å². The predicted octanol–water partition coefficient (Wildman–Crippen LogP) is 1.05. The number of nitrogens with zero attached hydrogens (tertiary/aromatic N) is 1. The van der Waals surface area contributed by atoms with E-state index in [1.165, 1.54) is 4.90 Å². The highest BCUT2D eigenvalue weighted by molar-refractivity contribution is 5.97. The monoisotopic (exact) mass is 256 g/mol. The number of hydrogen-bond donors (Lipinski definition) is 1. The first kappa shape index (κ1) is 14.5. The molecule has 6 heteroatoms. The second kappa shape index (κ2) is 5.84. The van der Waals surface area contributed by atoms with Gasteiger partial charge in [0.05, 0.1) is 0 Å². The third-order valence-corrected chi connectivity index (χ3v) is 2.39. The van der Waals surface area contributed by atoms with Crippen LogP contribution in [0.15, 0.2) is 0 Å². The van der Waals surface area contributed by atoms with Crippen LogP contribution < -0.4 is 5.32 Å². The fourth-order valence-electron chi connectivity index (χ4n) is 1.63. The molecule has 1 rings (SSSR count). The molecule has 1 saturated heterocycles. The number of hydrogen-bond acceptors (Lipinski definition) is 4. The van der Waals surface area contributed by atoms with Crippen LogP contribution in [0.3, 0.4) is 0 Å². The van der Waals surface area contributed by atoms with Gasteiger partial charge in [0.15, 0.2) is 0 Å². The lowest BCUT2D eigenvalue weighted by atomic mass is 10.1. The molecule has 6 nitrogen and oxygen atoms in total. The first-order chi connectivity index (χ1) is 8.29. The van der Waals surface area contributed by atoms with Gasteiger partial charge in [-0.25, -0.2) is 4.79 Å². The molecule has 0 saturated carbocycles. The number of carbonyl (C=O) groups is 3. The summed E-state index contributed by atoms with van der Waals surface area (Å²) < 4.78 is 5.04. The summed E-state index contributed by atoms with van der Waals surface area (Å²) in [7, 11) is 0. The molecular weight excluding hydrogens is 236 g/mol. The summed E-state index contributed by atoms with van der Waals surface area (Å²) in [6.07, 6.45) is 0.878. The molecule has 0 radical (unpaired) electrons. The van der Waals surface area contributed by atoms with Crippen molar-refractivity contribution in [1.29, 1.82) is 0 Å². The first-order valence-corrected chi connectivity index (χ1v) is 6.09. The van der Waals surface area contributed by atoms with Crippen LogP contribution in [0, 0.1) is 0 Å². The molecule has 0 spiro atoms. The van der Waals surface area contributed by atoms with Gasteiger partial charge in [-0.2, -0.15) is 0 Å². The molecule has 1 aliphatic rings. The number of imide groups is 1. The zero-order valence-corrected chi connectivity index (χ0v) is 11.1. The third-order valence-electron chi connectivity index (χ3n) is 2.39. The van der Waals surface area contributed by atoms with Crippen molar-refractivity contribution in [2.24, 2.45) is 0 Å². The molecule has 0 aliphatic carbocycles. The van der Waals surface area contributed by atoms with Crippen LogP contribution in [0.1, 0.15) is 40.0 Å². The third kappa shape index (κ3) is 4.73. The van der Waals surface area contributed by atoms with Crippen molar-refractivity contribution >= 4 is 17.9 Å². The highest BCUT2D eigenvalue weighted by atomic mass is 16.6. The van der Waals surface area contributed by atoms with Crippen LogP contribution in [0.25, 0.3) is 0 Å². The Bertz CT molecular complexity index is 330. The SMILES string of the molecule is CC(C)(C)OC(=O)NCCN1C(=O)CCCC1=O. The van der Waals surface area contributed by atoms with E-state index in [2.05, 4.69) is 5.32 Å². The molecule has 0 aromatic heterocycles. The molecular formula is C12H20N2O4. The molecule has 1 fully saturated rings. The van der Waals surface area contributed by atoms with Gasteiger partial charge in [-0.3, -0.25) is 14.5 Å². The van der Waals surface area contributed by atoms with E-state index in [9.17, 15) is 14.4 Å². The number of piperidine rings is 1. The Hall–Kier alpha value is -1.59. The average Bonchev–Trinajstić information content (AvgIpc) is 2.19. The van der Waals surface area contributed by atoms with E-state index in [0.29, 0.717) is 19.3 Å². The molecule has 0 bridgehead atoms. The number of alkyl carbamates (subject to hydrolysis) is 1. The minimum absolute atomic E-state index is 0.169. The number of ether oxygens (including phenoxy) is 1. The fraction of sp³-hybridized carbons (Fsp3) is 0.750. The molecule has 0 unspecified atom stereocenters. The van der Waals surface area contributed by atoms with Crippen molar-refractivity contribution in [1.82, 2.24) is 10.2 Å². The van der Waals surface area contributed by atoms with Gasteiger partial charge in [0.25, 0.3) is 0 Å². The van der Waals surface area contributed by atoms with Gasteiger partial charge in [-0.15, -0.1) is 0 Å². The van der Waals surface area contributed by atoms with Crippen LogP contribution in [-0.4, -0.2) is 41.5 Å². The summed E-state index contributed by atoms with van der Waals surface area (Å²) >= 11 is 0. The maximum absolute atomic E-state index is 11.5. The summed E-state index contributed by atoms with van der Waals surface area (Å²) in [4.78, 5) is 35.5. The molecule has 1 aliphatic heterocycles. The van der Waals surface area contributed by atoms with E-state index in [-0.39, 0.29) is 24.9 Å². The Kier molecular flexibility index (Phi) is 4.69. The number of nitrogens with one attached hydrogen (secondary N) is 1. The van der Waals surface area contributed by atoms with E-state index < -0.39 is 11.7 Å². The molecule has 18 heavy (non-hydrogen) atoms. The second-order valence-corrected chi connectivity index (χ2v) is 5.22. The second-order valence-electron chi connectivity index (χ2n) is 5.22. The zero-order valence-electron chi connectivity index (χ0n) is 11.1. The molecule has 1 N–H and O–H groups in total. The molecule has 0 atom stereocenters. The first-order valence-electron chi connectivity index (χ1n) is 6.09. The largest absolute Gasteiger partial charge is 0.444 e. The number of likely N-dealkylation sites (tertiary alicyclic amines) is 1. The lowest BCUT2D eigenvalue weighted by molar-refractivity contribution is -0.147. The van der Waals surface area contributed by atoms with Crippen molar-refractivity contribution in [3.8, 4) is 0 Å². The number of amides is 3. The predicted molar refractivity (Wildman–Crippen MR) is 64.8 cm³/mol. The van der Waals surface area contributed by atoms with Crippen molar-refractivity contribution in [2.75, 3.05) is 13.1 Å². The van der Waals surface area contributed by atoms with Gasteiger partial charge >= 0.3 is 6.09 Å². The van der Waals surface area contributed by atoms with Crippen molar-refractivity contribution in [3.05, 3.63) is 0 Å². The zero-order chi connectivity index (χ0) is 13.8. The Morgan fingerprint density at radius 3 is 2.33 bits per heavy atom. The van der Waals surface area contributed by atoms with Gasteiger partial charge in [0.2, 0.25) is 11.8 Å². The summed E-state index contributed by atoms with van der Waals surface area (Å²) in [6, 6.07) is 0. The highest BCUT2D eigenvalue weighted by Crippen LogP contribution is 2.11. The lowest BCUT2D eigenvalue weighted by Crippen LogP contribution is -2.45. The summed E-state index contributed by atoms with van der Waals surface area (Å²) in [5.41, 5.74) is -0.555. The number of carbonyl (C=O) groups excluding carboxylic acids is 3. The average molecular weight is 256 g/mol. The van der Waals surface area contributed by atoms with Gasteiger partial charge in [0.1, 0.15) is 5.60 Å². The molecule has 0 aromatic rings. The van der Waals surface area contributed by atoms with E-state index >= 15 is 0 Å². The quantitative estimate of drug-likeness (QED) is 0.766. The summed E-state index contributed by atoms with van der Waals surface area (Å²) in [5, 5.41) is 2.52. The maximum Gasteiger partial charge on any atom is 0.407 e. The smallest absolute Gasteiger partial charge is 0.407 e. The lowest BCUT2D eigenvalue weighted by Gasteiger charge is -2.25. The van der Waals surface area contributed by atoms with Gasteiger partial charge < -0.3 is 10.1 Å². The van der Waals surface area contributed by atoms with Gasteiger partial charge in [-0.05, 0) is 27.2 Å². The van der Waals surface area contributed by atoms with Crippen LogP contribution >= 0.6 is 0 Å². The van der Waals surface area contributed by atoms with E-state index in [4.69, 9.17) is 4.74 Å². The van der Waals surface area contributed by atoms with Crippen molar-refractivity contribution in [2.45, 2.75) is 45.6 Å². The Morgan fingerprint density at radius 1 is 1.28 bits per heavy atom. The highest BCUT2D eigenvalue weighted by Gasteiger charge is 2.25. The maximum atomic E-state index is 11.5. The Balaban J connectivity index is 2.30. The standard InChI is InChI=1S/C12H20N2O4/c1-12(2,3)18-11(17)13-7-8-14-9(15)5-4-6-10(14)16/h4-8H2,1-3H3,(H,13,17).